The number of halogens is 1. The summed E-state index contributed by atoms with van der Waals surface area (Å²) in [4.78, 5) is 0. The quantitative estimate of drug-likeness (QED) is 0.835. The van der Waals surface area contributed by atoms with Crippen LogP contribution < -0.4 is 10.1 Å². The standard InChI is InChI=1S/C18H26BrNO/c1-13-9-15(11-16-7-2-3-8-20-16)18(17(19)10-13)21-12-14-5-4-6-14/h9-10,14,16,20H,2-8,11-12H2,1H3. The summed E-state index contributed by atoms with van der Waals surface area (Å²) in [5, 5.41) is 3.65. The maximum absolute atomic E-state index is 6.19. The smallest absolute Gasteiger partial charge is 0.136 e. The Balaban J connectivity index is 1.72. The molecule has 116 valence electrons. The van der Waals surface area contributed by atoms with Crippen molar-refractivity contribution in [2.45, 2.75) is 57.9 Å². The highest BCUT2D eigenvalue weighted by Crippen LogP contribution is 2.34. The normalized spacial score (nSPS) is 22.9. The second-order valence-electron chi connectivity index (χ2n) is 6.69. The summed E-state index contributed by atoms with van der Waals surface area (Å²) in [5.41, 5.74) is 2.67. The lowest BCUT2D eigenvalue weighted by Crippen LogP contribution is -2.35. The Morgan fingerprint density at radius 2 is 2.05 bits per heavy atom. The zero-order valence-electron chi connectivity index (χ0n) is 13.0. The van der Waals surface area contributed by atoms with Crippen molar-refractivity contribution < 1.29 is 4.74 Å². The molecule has 2 fully saturated rings. The van der Waals surface area contributed by atoms with Crippen LogP contribution in [0, 0.1) is 12.8 Å². The van der Waals surface area contributed by atoms with E-state index in [0.29, 0.717) is 6.04 Å². The predicted octanol–water partition coefficient (Wildman–Crippen LogP) is 4.62. The van der Waals surface area contributed by atoms with Crippen molar-refractivity contribution in [3.8, 4) is 5.75 Å². The minimum Gasteiger partial charge on any atom is -0.492 e. The van der Waals surface area contributed by atoms with E-state index in [0.717, 1.165) is 35.7 Å². The molecule has 21 heavy (non-hydrogen) atoms. The van der Waals surface area contributed by atoms with Gasteiger partial charge in [-0.2, -0.15) is 0 Å². The molecular formula is C18H26BrNO. The van der Waals surface area contributed by atoms with Gasteiger partial charge in [0.2, 0.25) is 0 Å². The summed E-state index contributed by atoms with van der Waals surface area (Å²) < 4.78 is 7.31. The largest absolute Gasteiger partial charge is 0.492 e. The fourth-order valence-electron chi connectivity index (χ4n) is 3.34. The van der Waals surface area contributed by atoms with Gasteiger partial charge in [0.1, 0.15) is 5.75 Å². The lowest BCUT2D eigenvalue weighted by molar-refractivity contribution is 0.178. The zero-order chi connectivity index (χ0) is 14.7. The summed E-state index contributed by atoms with van der Waals surface area (Å²) in [6.07, 6.45) is 9.09. The molecule has 0 aromatic heterocycles. The molecule has 0 spiro atoms. The molecule has 0 bridgehead atoms. The molecule has 1 aromatic rings. The van der Waals surface area contributed by atoms with E-state index in [-0.39, 0.29) is 0 Å². The van der Waals surface area contributed by atoms with E-state index in [1.807, 2.05) is 0 Å². The van der Waals surface area contributed by atoms with E-state index in [2.05, 4.69) is 40.3 Å². The summed E-state index contributed by atoms with van der Waals surface area (Å²) in [5.74, 6) is 1.86. The van der Waals surface area contributed by atoms with E-state index >= 15 is 0 Å². The van der Waals surface area contributed by atoms with E-state index in [1.54, 1.807) is 0 Å². The number of benzene rings is 1. The molecule has 1 aliphatic carbocycles. The van der Waals surface area contributed by atoms with Gasteiger partial charge in [-0.3, -0.25) is 0 Å². The van der Waals surface area contributed by atoms with Gasteiger partial charge in [0.05, 0.1) is 11.1 Å². The third kappa shape index (κ3) is 4.01. The van der Waals surface area contributed by atoms with Gasteiger partial charge in [-0.15, -0.1) is 0 Å². The number of hydrogen-bond acceptors (Lipinski definition) is 2. The maximum Gasteiger partial charge on any atom is 0.136 e. The van der Waals surface area contributed by atoms with Crippen LogP contribution in [0.25, 0.3) is 0 Å². The Hall–Kier alpha value is -0.540. The molecule has 1 N–H and O–H groups in total. The molecule has 1 saturated carbocycles. The average Bonchev–Trinajstić information content (AvgIpc) is 2.41. The van der Waals surface area contributed by atoms with Crippen LogP contribution in [0.15, 0.2) is 16.6 Å². The number of ether oxygens (including phenoxy) is 1. The monoisotopic (exact) mass is 351 g/mol. The van der Waals surface area contributed by atoms with Gasteiger partial charge in [-0.1, -0.05) is 18.9 Å². The first-order valence-corrected chi connectivity index (χ1v) is 9.17. The van der Waals surface area contributed by atoms with E-state index < -0.39 is 0 Å². The fraction of sp³-hybridized carbons (Fsp3) is 0.667. The van der Waals surface area contributed by atoms with Crippen LogP contribution >= 0.6 is 15.9 Å². The Labute approximate surface area is 136 Å². The number of aryl methyl sites for hydroxylation is 1. The number of hydrogen-bond donors (Lipinski definition) is 1. The van der Waals surface area contributed by atoms with Crippen LogP contribution in [0.5, 0.6) is 5.75 Å². The highest BCUT2D eigenvalue weighted by Gasteiger charge is 2.21. The molecule has 0 radical (unpaired) electrons. The highest BCUT2D eigenvalue weighted by molar-refractivity contribution is 9.10. The molecule has 1 saturated heterocycles. The van der Waals surface area contributed by atoms with Crippen molar-refractivity contribution in [3.05, 3.63) is 27.7 Å². The van der Waals surface area contributed by atoms with Gasteiger partial charge >= 0.3 is 0 Å². The second kappa shape index (κ2) is 7.15. The van der Waals surface area contributed by atoms with Crippen molar-refractivity contribution in [1.29, 1.82) is 0 Å². The first-order valence-electron chi connectivity index (χ1n) is 8.37. The van der Waals surface area contributed by atoms with Gasteiger partial charge in [0.25, 0.3) is 0 Å². The average molecular weight is 352 g/mol. The number of nitrogens with one attached hydrogen (secondary N) is 1. The van der Waals surface area contributed by atoms with Gasteiger partial charge < -0.3 is 10.1 Å². The molecular weight excluding hydrogens is 326 g/mol. The van der Waals surface area contributed by atoms with Crippen LogP contribution in [0.4, 0.5) is 0 Å². The second-order valence-corrected chi connectivity index (χ2v) is 7.55. The lowest BCUT2D eigenvalue weighted by Gasteiger charge is -2.28. The molecule has 1 aliphatic heterocycles. The summed E-state index contributed by atoms with van der Waals surface area (Å²) >= 11 is 3.71. The SMILES string of the molecule is Cc1cc(Br)c(OCC2CCC2)c(CC2CCCCN2)c1. The van der Waals surface area contributed by atoms with E-state index in [1.165, 1.54) is 49.7 Å². The molecule has 3 heteroatoms. The lowest BCUT2D eigenvalue weighted by atomic mass is 9.86. The first kappa shape index (κ1) is 15.4. The first-order chi connectivity index (χ1) is 10.2. The van der Waals surface area contributed by atoms with Gasteiger partial charge in [-0.25, -0.2) is 0 Å². The summed E-state index contributed by atoms with van der Waals surface area (Å²) in [7, 11) is 0. The van der Waals surface area contributed by atoms with Crippen LogP contribution in [0.3, 0.4) is 0 Å². The maximum atomic E-state index is 6.19. The number of piperidine rings is 1. The van der Waals surface area contributed by atoms with Gasteiger partial charge in [0.15, 0.2) is 0 Å². The minimum atomic E-state index is 0.610. The Kier molecular flexibility index (Phi) is 5.23. The molecule has 2 aliphatic rings. The summed E-state index contributed by atoms with van der Waals surface area (Å²) in [6, 6.07) is 5.09. The molecule has 1 heterocycles. The third-order valence-electron chi connectivity index (χ3n) is 4.83. The zero-order valence-corrected chi connectivity index (χ0v) is 14.5. The minimum absolute atomic E-state index is 0.610. The fourth-order valence-corrected chi connectivity index (χ4v) is 4.07. The van der Waals surface area contributed by atoms with Crippen molar-refractivity contribution in [2.75, 3.05) is 13.2 Å². The van der Waals surface area contributed by atoms with Crippen molar-refractivity contribution >= 4 is 15.9 Å². The number of rotatable bonds is 5. The predicted molar refractivity (Wildman–Crippen MR) is 91.1 cm³/mol. The Bertz CT molecular complexity index is 478. The van der Waals surface area contributed by atoms with Gasteiger partial charge in [0, 0.05) is 6.04 Å². The van der Waals surface area contributed by atoms with Crippen LogP contribution in [0.1, 0.15) is 49.7 Å². The van der Waals surface area contributed by atoms with Crippen molar-refractivity contribution in [3.63, 3.8) is 0 Å². The molecule has 1 unspecified atom stereocenters. The van der Waals surface area contributed by atoms with Crippen molar-refractivity contribution in [1.82, 2.24) is 5.32 Å². The molecule has 0 amide bonds. The van der Waals surface area contributed by atoms with Crippen LogP contribution in [-0.4, -0.2) is 19.2 Å². The van der Waals surface area contributed by atoms with E-state index in [4.69, 9.17) is 4.74 Å². The van der Waals surface area contributed by atoms with Crippen molar-refractivity contribution in [2.24, 2.45) is 5.92 Å². The van der Waals surface area contributed by atoms with Gasteiger partial charge in [-0.05, 0) is 84.6 Å². The molecule has 1 atom stereocenters. The molecule has 2 nitrogen and oxygen atoms in total. The Morgan fingerprint density at radius 1 is 1.19 bits per heavy atom. The highest BCUT2D eigenvalue weighted by atomic mass is 79.9. The third-order valence-corrected chi connectivity index (χ3v) is 5.42. The molecule has 3 rings (SSSR count). The van der Waals surface area contributed by atoms with Crippen LogP contribution in [-0.2, 0) is 6.42 Å². The summed E-state index contributed by atoms with van der Waals surface area (Å²) in [6.45, 7) is 4.21. The van der Waals surface area contributed by atoms with Crippen LogP contribution in [0.2, 0.25) is 0 Å². The van der Waals surface area contributed by atoms with E-state index in [9.17, 15) is 0 Å². The molecule has 1 aromatic carbocycles. The Morgan fingerprint density at radius 3 is 2.71 bits per heavy atom. The topological polar surface area (TPSA) is 21.3 Å².